The Morgan fingerprint density at radius 2 is 2.33 bits per heavy atom. The normalized spacial score (nSPS) is 9.17. The molecule has 1 rings (SSSR count). The van der Waals surface area contributed by atoms with Crippen LogP contribution in [-0.2, 0) is 11.3 Å². The molecule has 0 amide bonds. The SMILES string of the molecule is Cc1ccc(CN=C=O)c(Br)c1. The lowest BCUT2D eigenvalue weighted by Gasteiger charge is -2.00. The third kappa shape index (κ3) is 2.29. The van der Waals surface area contributed by atoms with Gasteiger partial charge in [-0.1, -0.05) is 28.1 Å². The molecule has 0 aromatic heterocycles. The summed E-state index contributed by atoms with van der Waals surface area (Å²) in [4.78, 5) is 13.3. The second kappa shape index (κ2) is 4.19. The molecule has 0 saturated heterocycles. The van der Waals surface area contributed by atoms with Crippen LogP contribution in [0.5, 0.6) is 0 Å². The minimum absolute atomic E-state index is 0.393. The molecule has 0 aliphatic rings. The summed E-state index contributed by atoms with van der Waals surface area (Å²) in [6.07, 6.45) is 1.51. The van der Waals surface area contributed by atoms with E-state index < -0.39 is 0 Å². The molecule has 3 heteroatoms. The van der Waals surface area contributed by atoms with Gasteiger partial charge in [-0.3, -0.25) is 0 Å². The summed E-state index contributed by atoms with van der Waals surface area (Å²) < 4.78 is 0.988. The lowest BCUT2D eigenvalue weighted by atomic mass is 10.1. The molecule has 0 bridgehead atoms. The molecule has 0 aliphatic heterocycles. The van der Waals surface area contributed by atoms with Crippen LogP contribution in [0.4, 0.5) is 0 Å². The Morgan fingerprint density at radius 3 is 2.92 bits per heavy atom. The van der Waals surface area contributed by atoms with Crippen LogP contribution in [0.3, 0.4) is 0 Å². The predicted molar refractivity (Wildman–Crippen MR) is 50.7 cm³/mol. The molecule has 12 heavy (non-hydrogen) atoms. The van der Waals surface area contributed by atoms with Gasteiger partial charge in [0.15, 0.2) is 0 Å². The first kappa shape index (κ1) is 9.17. The summed E-state index contributed by atoms with van der Waals surface area (Å²) in [7, 11) is 0. The van der Waals surface area contributed by atoms with Crippen LogP contribution in [-0.4, -0.2) is 6.08 Å². The molecule has 1 aromatic rings. The molecule has 1 aromatic carbocycles. The van der Waals surface area contributed by atoms with Crippen molar-refractivity contribution in [3.63, 3.8) is 0 Å². The average Bonchev–Trinajstić information content (AvgIpc) is 2.03. The molecule has 62 valence electrons. The zero-order valence-electron chi connectivity index (χ0n) is 6.67. The molecule has 0 radical (unpaired) electrons. The van der Waals surface area contributed by atoms with Gasteiger partial charge in [-0.2, -0.15) is 0 Å². The van der Waals surface area contributed by atoms with Crippen LogP contribution in [0, 0.1) is 6.92 Å². The number of rotatable bonds is 2. The molecular weight excluding hydrogens is 218 g/mol. The molecule has 0 unspecified atom stereocenters. The first-order valence-electron chi connectivity index (χ1n) is 3.52. The first-order valence-corrected chi connectivity index (χ1v) is 4.32. The van der Waals surface area contributed by atoms with E-state index in [4.69, 9.17) is 0 Å². The quantitative estimate of drug-likeness (QED) is 0.562. The van der Waals surface area contributed by atoms with E-state index in [1.165, 1.54) is 11.6 Å². The van der Waals surface area contributed by atoms with E-state index in [-0.39, 0.29) is 0 Å². The van der Waals surface area contributed by atoms with Crippen LogP contribution in [0.1, 0.15) is 11.1 Å². The van der Waals surface area contributed by atoms with Crippen molar-refractivity contribution in [2.75, 3.05) is 0 Å². The molecular formula is C9H8BrNO. The number of hydrogen-bond acceptors (Lipinski definition) is 2. The number of carbonyl (C=O) groups excluding carboxylic acids is 1. The monoisotopic (exact) mass is 225 g/mol. The molecule has 2 nitrogen and oxygen atoms in total. The summed E-state index contributed by atoms with van der Waals surface area (Å²) in [5.41, 5.74) is 2.18. The van der Waals surface area contributed by atoms with E-state index in [0.29, 0.717) is 6.54 Å². The Balaban J connectivity index is 2.93. The number of isocyanates is 1. The number of benzene rings is 1. The van der Waals surface area contributed by atoms with E-state index in [1.54, 1.807) is 0 Å². The van der Waals surface area contributed by atoms with Gasteiger partial charge in [-0.15, -0.1) is 0 Å². The topological polar surface area (TPSA) is 29.4 Å². The highest BCUT2D eigenvalue weighted by atomic mass is 79.9. The highest BCUT2D eigenvalue weighted by molar-refractivity contribution is 9.10. The van der Waals surface area contributed by atoms with E-state index in [9.17, 15) is 4.79 Å². The summed E-state index contributed by atoms with van der Waals surface area (Å²) in [6, 6.07) is 5.93. The standard InChI is InChI=1S/C9H8BrNO/c1-7-2-3-8(5-11-6-12)9(10)4-7/h2-4H,5H2,1H3. The summed E-state index contributed by atoms with van der Waals surface area (Å²) >= 11 is 3.39. The predicted octanol–water partition coefficient (Wildman–Crippen LogP) is 2.59. The zero-order valence-corrected chi connectivity index (χ0v) is 8.26. The Kier molecular flexibility index (Phi) is 3.20. The highest BCUT2D eigenvalue weighted by Crippen LogP contribution is 2.18. The minimum Gasteiger partial charge on any atom is -0.211 e. The third-order valence-electron chi connectivity index (χ3n) is 1.52. The molecule has 0 aliphatic carbocycles. The van der Waals surface area contributed by atoms with Crippen molar-refractivity contribution in [1.82, 2.24) is 0 Å². The lowest BCUT2D eigenvalue weighted by molar-refractivity contribution is 0.562. The Bertz CT molecular complexity index is 329. The number of hydrogen-bond donors (Lipinski definition) is 0. The van der Waals surface area contributed by atoms with Crippen LogP contribution in [0.25, 0.3) is 0 Å². The van der Waals surface area contributed by atoms with Crippen LogP contribution >= 0.6 is 15.9 Å². The van der Waals surface area contributed by atoms with Gasteiger partial charge in [0.05, 0.1) is 6.54 Å². The number of halogens is 1. The summed E-state index contributed by atoms with van der Waals surface area (Å²) in [6.45, 7) is 2.40. The van der Waals surface area contributed by atoms with Gasteiger partial charge in [-0.25, -0.2) is 9.79 Å². The third-order valence-corrected chi connectivity index (χ3v) is 2.26. The van der Waals surface area contributed by atoms with Crippen molar-refractivity contribution in [3.05, 3.63) is 33.8 Å². The van der Waals surface area contributed by atoms with Gasteiger partial charge >= 0.3 is 0 Å². The van der Waals surface area contributed by atoms with Crippen molar-refractivity contribution in [3.8, 4) is 0 Å². The second-order valence-corrected chi connectivity index (χ2v) is 3.36. The van der Waals surface area contributed by atoms with E-state index in [0.717, 1.165) is 10.0 Å². The number of nitrogens with zero attached hydrogens (tertiary/aromatic N) is 1. The van der Waals surface area contributed by atoms with Gasteiger partial charge in [0.1, 0.15) is 0 Å². The van der Waals surface area contributed by atoms with Crippen LogP contribution < -0.4 is 0 Å². The van der Waals surface area contributed by atoms with Crippen LogP contribution in [0.2, 0.25) is 0 Å². The van der Waals surface area contributed by atoms with Gasteiger partial charge in [0.2, 0.25) is 6.08 Å². The van der Waals surface area contributed by atoms with Gasteiger partial charge in [0.25, 0.3) is 0 Å². The Morgan fingerprint density at radius 1 is 1.58 bits per heavy atom. The van der Waals surface area contributed by atoms with Crippen molar-refractivity contribution >= 4 is 22.0 Å². The van der Waals surface area contributed by atoms with Gasteiger partial charge < -0.3 is 0 Å². The fourth-order valence-electron chi connectivity index (χ4n) is 0.898. The largest absolute Gasteiger partial charge is 0.235 e. The summed E-state index contributed by atoms with van der Waals surface area (Å²) in [5, 5.41) is 0. The molecule has 0 saturated carbocycles. The van der Waals surface area contributed by atoms with Crippen molar-refractivity contribution in [1.29, 1.82) is 0 Å². The molecule has 0 heterocycles. The molecule has 0 spiro atoms. The fourth-order valence-corrected chi connectivity index (χ4v) is 1.52. The average molecular weight is 226 g/mol. The fraction of sp³-hybridized carbons (Fsp3) is 0.222. The number of aliphatic imine (C=N–C) groups is 1. The Labute approximate surface area is 79.5 Å². The molecule has 0 atom stereocenters. The highest BCUT2D eigenvalue weighted by Gasteiger charge is 1.97. The van der Waals surface area contributed by atoms with Crippen molar-refractivity contribution in [2.24, 2.45) is 4.99 Å². The molecule has 0 fully saturated rings. The summed E-state index contributed by atoms with van der Waals surface area (Å²) in [5.74, 6) is 0. The Hall–Kier alpha value is -0.920. The maximum absolute atomic E-state index is 9.85. The first-order chi connectivity index (χ1) is 5.74. The maximum Gasteiger partial charge on any atom is 0.235 e. The maximum atomic E-state index is 9.85. The van der Waals surface area contributed by atoms with E-state index in [1.807, 2.05) is 25.1 Å². The van der Waals surface area contributed by atoms with Gasteiger partial charge in [-0.05, 0) is 24.1 Å². The zero-order chi connectivity index (χ0) is 8.97. The van der Waals surface area contributed by atoms with E-state index in [2.05, 4.69) is 20.9 Å². The van der Waals surface area contributed by atoms with Crippen molar-refractivity contribution in [2.45, 2.75) is 13.5 Å². The van der Waals surface area contributed by atoms with E-state index >= 15 is 0 Å². The van der Waals surface area contributed by atoms with Crippen LogP contribution in [0.15, 0.2) is 27.7 Å². The second-order valence-electron chi connectivity index (χ2n) is 2.50. The smallest absolute Gasteiger partial charge is 0.211 e. The van der Waals surface area contributed by atoms with Gasteiger partial charge in [0, 0.05) is 4.47 Å². The molecule has 0 N–H and O–H groups in total. The lowest BCUT2D eigenvalue weighted by Crippen LogP contribution is -1.84. The minimum atomic E-state index is 0.393. The van der Waals surface area contributed by atoms with Crippen molar-refractivity contribution < 1.29 is 4.79 Å². The number of aryl methyl sites for hydroxylation is 1.